The third kappa shape index (κ3) is 2.24. The second-order valence-electron chi connectivity index (χ2n) is 5.68. The van der Waals surface area contributed by atoms with Crippen LogP contribution in [0.2, 0.25) is 0 Å². The fourth-order valence-electron chi connectivity index (χ4n) is 3.24. The molecule has 108 valence electrons. The lowest BCUT2D eigenvalue weighted by atomic mass is 9.90. The summed E-state index contributed by atoms with van der Waals surface area (Å²) < 4.78 is 0. The van der Waals surface area contributed by atoms with Gasteiger partial charge in [-0.05, 0) is 41.2 Å². The highest BCUT2D eigenvalue weighted by Gasteiger charge is 2.28. The van der Waals surface area contributed by atoms with E-state index < -0.39 is 0 Å². The minimum absolute atomic E-state index is 0.101. The summed E-state index contributed by atoms with van der Waals surface area (Å²) in [7, 11) is 0. The third-order valence-electron chi connectivity index (χ3n) is 4.34. The number of rotatable bonds is 2. The fourth-order valence-corrected chi connectivity index (χ4v) is 4.67. The number of hydrogen-bond acceptors (Lipinski definition) is 2. The zero-order valence-corrected chi connectivity index (χ0v) is 13.0. The van der Waals surface area contributed by atoms with E-state index in [1.807, 2.05) is 30.0 Å². The van der Waals surface area contributed by atoms with Gasteiger partial charge in [0, 0.05) is 10.5 Å². The molecule has 0 saturated heterocycles. The van der Waals surface area contributed by atoms with Gasteiger partial charge < -0.3 is 0 Å². The number of hydrogen-bond donors (Lipinski definition) is 0. The maximum absolute atomic E-state index is 11.6. The third-order valence-corrected chi connectivity index (χ3v) is 5.83. The minimum atomic E-state index is 0.101. The number of carbonyl (C=O) groups is 1. The lowest BCUT2D eigenvalue weighted by molar-refractivity contribution is -0.105. The summed E-state index contributed by atoms with van der Waals surface area (Å²) in [6, 6.07) is 18.9. The molecule has 1 aliphatic heterocycles. The highest BCUT2D eigenvalue weighted by molar-refractivity contribution is 8.08. The molecule has 0 amide bonds. The van der Waals surface area contributed by atoms with E-state index in [9.17, 15) is 4.79 Å². The van der Waals surface area contributed by atoms with Crippen LogP contribution in [0.1, 0.15) is 28.4 Å². The van der Waals surface area contributed by atoms with E-state index in [0.717, 1.165) is 24.7 Å². The van der Waals surface area contributed by atoms with Crippen LogP contribution < -0.4 is 0 Å². The topological polar surface area (TPSA) is 17.1 Å². The van der Waals surface area contributed by atoms with Crippen molar-refractivity contribution in [1.82, 2.24) is 0 Å². The molecule has 0 spiro atoms. The van der Waals surface area contributed by atoms with Crippen molar-refractivity contribution in [2.24, 2.45) is 0 Å². The largest absolute Gasteiger partial charge is 0.298 e. The van der Waals surface area contributed by atoms with Crippen LogP contribution in [0.3, 0.4) is 0 Å². The summed E-state index contributed by atoms with van der Waals surface area (Å²) in [6.45, 7) is 0. The summed E-state index contributed by atoms with van der Waals surface area (Å²) in [4.78, 5) is 12.9. The molecule has 0 N–H and O–H groups in total. The Labute approximate surface area is 134 Å². The van der Waals surface area contributed by atoms with Gasteiger partial charge in [-0.3, -0.25) is 4.79 Å². The van der Waals surface area contributed by atoms with Crippen LogP contribution in [0.25, 0.3) is 4.91 Å². The van der Waals surface area contributed by atoms with Crippen LogP contribution in [0.4, 0.5) is 0 Å². The molecule has 1 unspecified atom stereocenters. The van der Waals surface area contributed by atoms with Gasteiger partial charge >= 0.3 is 0 Å². The van der Waals surface area contributed by atoms with Crippen molar-refractivity contribution < 1.29 is 4.79 Å². The summed E-state index contributed by atoms with van der Waals surface area (Å²) >= 11 is 1.82. The monoisotopic (exact) mass is 304 g/mol. The van der Waals surface area contributed by atoms with Gasteiger partial charge in [-0.1, -0.05) is 54.6 Å². The molecule has 2 heteroatoms. The van der Waals surface area contributed by atoms with Gasteiger partial charge in [-0.2, -0.15) is 0 Å². The zero-order chi connectivity index (χ0) is 14.9. The molecule has 0 bridgehead atoms. The highest BCUT2D eigenvalue weighted by Crippen LogP contribution is 2.51. The average molecular weight is 304 g/mol. The molecule has 2 aromatic carbocycles. The van der Waals surface area contributed by atoms with Gasteiger partial charge in [0.15, 0.2) is 0 Å². The molecule has 1 atom stereocenters. The standard InChI is InChI=1S/C20H16OS/c21-13-17-12-16-11-10-14-6-4-5-9-18(14)20(16)22-19(17)15-7-2-1-3-8-15/h1-9,12-13,19H,10-11H2. The van der Waals surface area contributed by atoms with Crippen LogP contribution >= 0.6 is 11.8 Å². The normalized spacial score (nSPS) is 20.0. The smallest absolute Gasteiger partial charge is 0.147 e. The first kappa shape index (κ1) is 13.6. The minimum Gasteiger partial charge on any atom is -0.298 e. The van der Waals surface area contributed by atoms with Crippen molar-refractivity contribution in [2.75, 3.05) is 0 Å². The van der Waals surface area contributed by atoms with Gasteiger partial charge in [-0.25, -0.2) is 0 Å². The number of carbonyl (C=O) groups excluding carboxylic acids is 1. The molecule has 22 heavy (non-hydrogen) atoms. The van der Waals surface area contributed by atoms with Gasteiger partial charge in [-0.15, -0.1) is 11.8 Å². The van der Waals surface area contributed by atoms with E-state index in [4.69, 9.17) is 0 Å². The molecule has 4 rings (SSSR count). The first-order valence-corrected chi connectivity index (χ1v) is 8.44. The zero-order valence-electron chi connectivity index (χ0n) is 12.2. The predicted molar refractivity (Wildman–Crippen MR) is 92.6 cm³/mol. The SMILES string of the molecule is O=CC1=CC2=C(SC1c1ccccc1)c1ccccc1CC2. The number of thioether (sulfide) groups is 1. The molecule has 2 aromatic rings. The number of allylic oxidation sites excluding steroid dienone is 2. The molecule has 2 aliphatic rings. The lowest BCUT2D eigenvalue weighted by Crippen LogP contribution is -2.11. The molecular weight excluding hydrogens is 288 g/mol. The van der Waals surface area contributed by atoms with Gasteiger partial charge in [0.1, 0.15) is 6.29 Å². The Morgan fingerprint density at radius 3 is 2.55 bits per heavy atom. The summed E-state index contributed by atoms with van der Waals surface area (Å²) in [5.41, 5.74) is 6.16. The summed E-state index contributed by atoms with van der Waals surface area (Å²) in [6.07, 6.45) is 5.23. The van der Waals surface area contributed by atoms with E-state index >= 15 is 0 Å². The van der Waals surface area contributed by atoms with E-state index in [0.29, 0.717) is 0 Å². The summed E-state index contributed by atoms with van der Waals surface area (Å²) in [5, 5.41) is 0.101. The molecular formula is C20H16OS. The quantitative estimate of drug-likeness (QED) is 0.730. The van der Waals surface area contributed by atoms with Gasteiger partial charge in [0.25, 0.3) is 0 Å². The molecule has 1 aliphatic carbocycles. The van der Waals surface area contributed by atoms with Crippen molar-refractivity contribution in [1.29, 1.82) is 0 Å². The lowest BCUT2D eigenvalue weighted by Gasteiger charge is -2.30. The Bertz CT molecular complexity index is 786. The Hall–Kier alpha value is -2.06. The number of aldehydes is 1. The molecule has 0 fully saturated rings. The van der Waals surface area contributed by atoms with Gasteiger partial charge in [0.05, 0.1) is 5.25 Å². The second kappa shape index (κ2) is 5.62. The van der Waals surface area contributed by atoms with Crippen molar-refractivity contribution >= 4 is 23.0 Å². The maximum atomic E-state index is 11.6. The Balaban J connectivity index is 1.81. The highest BCUT2D eigenvalue weighted by atomic mass is 32.2. The van der Waals surface area contributed by atoms with Gasteiger partial charge in [0.2, 0.25) is 0 Å². The predicted octanol–water partition coefficient (Wildman–Crippen LogP) is 4.96. The second-order valence-corrected chi connectivity index (χ2v) is 6.80. The van der Waals surface area contributed by atoms with Crippen molar-refractivity contribution in [3.05, 3.63) is 88.5 Å². The molecule has 1 heterocycles. The first-order chi connectivity index (χ1) is 10.9. The molecule has 1 nitrogen and oxygen atoms in total. The Morgan fingerprint density at radius 1 is 0.955 bits per heavy atom. The number of aryl methyl sites for hydroxylation is 1. The first-order valence-electron chi connectivity index (χ1n) is 7.56. The molecule has 0 saturated carbocycles. The van der Waals surface area contributed by atoms with Crippen LogP contribution in [0.15, 0.2) is 71.8 Å². The van der Waals surface area contributed by atoms with Crippen molar-refractivity contribution in [3.63, 3.8) is 0 Å². The summed E-state index contributed by atoms with van der Waals surface area (Å²) in [5.74, 6) is 0. The van der Waals surface area contributed by atoms with Crippen molar-refractivity contribution in [3.8, 4) is 0 Å². The maximum Gasteiger partial charge on any atom is 0.147 e. The van der Waals surface area contributed by atoms with Crippen molar-refractivity contribution in [2.45, 2.75) is 18.1 Å². The Morgan fingerprint density at radius 2 is 1.73 bits per heavy atom. The fraction of sp³-hybridized carbons (Fsp3) is 0.150. The van der Waals surface area contributed by atoms with E-state index in [2.05, 4.69) is 42.5 Å². The number of fused-ring (bicyclic) bond motifs is 2. The van der Waals surface area contributed by atoms with Crippen LogP contribution in [-0.2, 0) is 11.2 Å². The molecule has 0 aromatic heterocycles. The average Bonchev–Trinajstić information content (AvgIpc) is 2.61. The number of benzene rings is 2. The van der Waals surface area contributed by atoms with E-state index in [1.54, 1.807) is 0 Å². The van der Waals surface area contributed by atoms with Crippen LogP contribution in [-0.4, -0.2) is 6.29 Å². The van der Waals surface area contributed by atoms with E-state index in [-0.39, 0.29) is 5.25 Å². The van der Waals surface area contributed by atoms with E-state index in [1.165, 1.54) is 27.2 Å². The van der Waals surface area contributed by atoms with Crippen LogP contribution in [0.5, 0.6) is 0 Å². The van der Waals surface area contributed by atoms with Crippen LogP contribution in [0, 0.1) is 0 Å². The molecule has 0 radical (unpaired) electrons. The Kier molecular flexibility index (Phi) is 3.47.